The Bertz CT molecular complexity index is 511. The number of nitrogens with one attached hydrogen (secondary N) is 1. The van der Waals surface area contributed by atoms with Gasteiger partial charge in [0.2, 0.25) is 5.89 Å². The number of rotatable bonds is 5. The van der Waals surface area contributed by atoms with Crippen molar-refractivity contribution in [2.24, 2.45) is 0 Å². The summed E-state index contributed by atoms with van der Waals surface area (Å²) >= 11 is 0. The molecule has 0 radical (unpaired) electrons. The molecule has 0 spiro atoms. The van der Waals surface area contributed by atoms with E-state index in [1.54, 1.807) is 0 Å². The molecular weight excluding hydrogens is 232 g/mol. The highest BCUT2D eigenvalue weighted by Crippen LogP contribution is 2.17. The first-order chi connectivity index (χ1) is 8.70. The van der Waals surface area contributed by atoms with Crippen LogP contribution in [0.3, 0.4) is 0 Å². The monoisotopic (exact) mass is 248 g/mol. The molecule has 0 amide bonds. The second-order valence-electron chi connectivity index (χ2n) is 3.86. The van der Waals surface area contributed by atoms with Crippen molar-refractivity contribution in [1.82, 2.24) is 20.1 Å². The van der Waals surface area contributed by atoms with Crippen molar-refractivity contribution < 1.29 is 4.52 Å². The van der Waals surface area contributed by atoms with Crippen LogP contribution in [0.15, 0.2) is 10.9 Å². The normalized spacial score (nSPS) is 10.6. The third-order valence-electron chi connectivity index (χ3n) is 2.58. The molecule has 7 nitrogen and oxygen atoms in total. The first-order valence-corrected chi connectivity index (χ1v) is 5.83. The average molecular weight is 248 g/mol. The highest BCUT2D eigenvalue weighted by atomic mass is 16.5. The molecule has 0 saturated heterocycles. The third-order valence-corrected chi connectivity index (χ3v) is 2.58. The fourth-order valence-electron chi connectivity index (χ4n) is 1.51. The van der Waals surface area contributed by atoms with E-state index >= 15 is 0 Å². The van der Waals surface area contributed by atoms with Crippen LogP contribution in [0.4, 0.5) is 11.6 Å². The minimum absolute atomic E-state index is 0.516. The number of nitrogens with zero attached hydrogens (tertiary/aromatic N) is 4. The summed E-state index contributed by atoms with van der Waals surface area (Å²) in [6.45, 7) is 4.54. The summed E-state index contributed by atoms with van der Waals surface area (Å²) in [5, 5.41) is 6.76. The van der Waals surface area contributed by atoms with Crippen LogP contribution in [0.5, 0.6) is 0 Å². The van der Waals surface area contributed by atoms with Crippen LogP contribution in [-0.2, 0) is 12.8 Å². The van der Waals surface area contributed by atoms with E-state index < -0.39 is 0 Å². The van der Waals surface area contributed by atoms with Crippen molar-refractivity contribution in [3.63, 3.8) is 0 Å². The van der Waals surface area contributed by atoms with Crippen molar-refractivity contribution in [2.75, 3.05) is 17.6 Å². The molecular formula is C11H16N6O. The van der Waals surface area contributed by atoms with E-state index in [-0.39, 0.29) is 0 Å². The molecule has 0 fully saturated rings. The first-order valence-electron chi connectivity index (χ1n) is 5.83. The van der Waals surface area contributed by atoms with Crippen LogP contribution in [0.2, 0.25) is 0 Å². The Morgan fingerprint density at radius 1 is 1.39 bits per heavy atom. The fraction of sp³-hybridized carbons (Fsp3) is 0.455. The summed E-state index contributed by atoms with van der Waals surface area (Å²) in [4.78, 5) is 12.5. The molecule has 96 valence electrons. The average Bonchev–Trinajstić information content (AvgIpc) is 2.87. The largest absolute Gasteiger partial charge is 0.383 e. The molecule has 7 heteroatoms. The Morgan fingerprint density at radius 2 is 2.22 bits per heavy atom. The summed E-state index contributed by atoms with van der Waals surface area (Å²) in [5.41, 5.74) is 6.69. The molecule has 0 bridgehead atoms. The number of nitrogens with two attached hydrogens (primary N) is 1. The van der Waals surface area contributed by atoms with Gasteiger partial charge < -0.3 is 15.6 Å². The smallest absolute Gasteiger partial charge is 0.228 e. The molecule has 2 heterocycles. The van der Waals surface area contributed by atoms with Crippen molar-refractivity contribution >= 4 is 11.6 Å². The van der Waals surface area contributed by atoms with E-state index in [1.807, 2.05) is 13.8 Å². The van der Waals surface area contributed by atoms with Gasteiger partial charge in [0.25, 0.3) is 0 Å². The molecule has 0 aliphatic heterocycles. The molecule has 0 aliphatic carbocycles. The van der Waals surface area contributed by atoms with Crippen LogP contribution < -0.4 is 11.1 Å². The first kappa shape index (κ1) is 12.3. The van der Waals surface area contributed by atoms with Crippen molar-refractivity contribution in [3.8, 4) is 0 Å². The minimum Gasteiger partial charge on any atom is -0.383 e. The van der Waals surface area contributed by atoms with Crippen LogP contribution in [0.25, 0.3) is 0 Å². The van der Waals surface area contributed by atoms with Gasteiger partial charge in [-0.3, -0.25) is 0 Å². The molecule has 3 N–H and O–H groups in total. The molecule has 2 aromatic heterocycles. The predicted octanol–water partition coefficient (Wildman–Crippen LogP) is 0.967. The van der Waals surface area contributed by atoms with E-state index in [9.17, 15) is 0 Å². The predicted molar refractivity (Wildman–Crippen MR) is 67.1 cm³/mol. The van der Waals surface area contributed by atoms with Gasteiger partial charge in [-0.15, -0.1) is 0 Å². The maximum Gasteiger partial charge on any atom is 0.228 e. The van der Waals surface area contributed by atoms with Gasteiger partial charge in [-0.05, 0) is 6.92 Å². The fourth-order valence-corrected chi connectivity index (χ4v) is 1.51. The third kappa shape index (κ3) is 2.73. The van der Waals surface area contributed by atoms with Crippen molar-refractivity contribution in [3.05, 3.63) is 23.6 Å². The van der Waals surface area contributed by atoms with Crippen molar-refractivity contribution in [2.45, 2.75) is 26.7 Å². The molecule has 18 heavy (non-hydrogen) atoms. The Hall–Kier alpha value is -2.18. The molecule has 0 unspecified atom stereocenters. The number of hydrogen-bond acceptors (Lipinski definition) is 7. The number of aromatic nitrogens is 4. The topological polar surface area (TPSA) is 103 Å². The molecule has 0 aromatic carbocycles. The van der Waals surface area contributed by atoms with Gasteiger partial charge in [0.1, 0.15) is 17.5 Å². The van der Waals surface area contributed by atoms with Crippen LogP contribution in [0.1, 0.15) is 24.2 Å². The minimum atomic E-state index is 0.516. The van der Waals surface area contributed by atoms with Crippen molar-refractivity contribution in [1.29, 1.82) is 0 Å². The Labute approximate surface area is 105 Å². The van der Waals surface area contributed by atoms with Crippen LogP contribution in [-0.4, -0.2) is 26.7 Å². The summed E-state index contributed by atoms with van der Waals surface area (Å²) in [6, 6.07) is 0. The van der Waals surface area contributed by atoms with Crippen LogP contribution in [0, 0.1) is 6.92 Å². The lowest BCUT2D eigenvalue weighted by Gasteiger charge is -2.10. The van der Waals surface area contributed by atoms with Gasteiger partial charge >= 0.3 is 0 Å². The van der Waals surface area contributed by atoms with Gasteiger partial charge in [0.05, 0.1) is 0 Å². The van der Waals surface area contributed by atoms with E-state index in [2.05, 4.69) is 25.4 Å². The van der Waals surface area contributed by atoms with Gasteiger partial charge in [0.15, 0.2) is 6.33 Å². The lowest BCUT2D eigenvalue weighted by molar-refractivity contribution is 0.379. The number of nitrogen functional groups attached to an aromatic ring is 1. The second-order valence-corrected chi connectivity index (χ2v) is 3.86. The Kier molecular flexibility index (Phi) is 3.71. The van der Waals surface area contributed by atoms with Gasteiger partial charge in [0, 0.05) is 24.9 Å². The molecule has 0 atom stereocenters. The zero-order chi connectivity index (χ0) is 13.0. The second kappa shape index (κ2) is 5.44. The molecule has 2 aromatic rings. The maximum atomic E-state index is 5.83. The number of aryl methyl sites for hydroxylation is 1. The van der Waals surface area contributed by atoms with Gasteiger partial charge in [-0.1, -0.05) is 12.1 Å². The molecule has 2 rings (SSSR count). The van der Waals surface area contributed by atoms with E-state index in [1.165, 1.54) is 6.33 Å². The lowest BCUT2D eigenvalue weighted by atomic mass is 10.3. The highest BCUT2D eigenvalue weighted by molar-refractivity contribution is 5.54. The number of anilines is 2. The maximum absolute atomic E-state index is 5.83. The molecule has 0 saturated carbocycles. The van der Waals surface area contributed by atoms with Gasteiger partial charge in [-0.25, -0.2) is 9.97 Å². The summed E-state index contributed by atoms with van der Waals surface area (Å²) in [5.74, 6) is 2.61. The zero-order valence-corrected chi connectivity index (χ0v) is 10.5. The van der Waals surface area contributed by atoms with E-state index in [0.717, 1.165) is 23.6 Å². The Morgan fingerprint density at radius 3 is 2.89 bits per heavy atom. The lowest BCUT2D eigenvalue weighted by Crippen LogP contribution is -2.11. The highest BCUT2D eigenvalue weighted by Gasteiger charge is 2.07. The summed E-state index contributed by atoms with van der Waals surface area (Å²) in [7, 11) is 0. The Balaban J connectivity index is 2.02. The molecule has 0 aliphatic rings. The van der Waals surface area contributed by atoms with E-state index in [4.69, 9.17) is 10.3 Å². The van der Waals surface area contributed by atoms with Crippen LogP contribution >= 0.6 is 0 Å². The summed E-state index contributed by atoms with van der Waals surface area (Å²) < 4.78 is 4.91. The van der Waals surface area contributed by atoms with Gasteiger partial charge in [-0.2, -0.15) is 4.98 Å². The standard InChI is InChI=1S/C11H16N6O/c1-3-8-16-10(12)7(2)11(17-8)13-5-4-9-14-6-15-18-9/h6H,3-5H2,1-2H3,(H3,12,13,16,17). The SMILES string of the molecule is CCc1nc(N)c(C)c(NCCc2ncno2)n1. The van der Waals surface area contributed by atoms with E-state index in [0.29, 0.717) is 24.7 Å². The summed E-state index contributed by atoms with van der Waals surface area (Å²) in [6.07, 6.45) is 2.78. The number of hydrogen-bond donors (Lipinski definition) is 2. The quantitative estimate of drug-likeness (QED) is 0.812. The zero-order valence-electron chi connectivity index (χ0n) is 10.5.